The first-order chi connectivity index (χ1) is 15.7. The summed E-state index contributed by atoms with van der Waals surface area (Å²) in [5.41, 5.74) is 0.449. The van der Waals surface area contributed by atoms with E-state index in [1.807, 2.05) is 48.5 Å². The molecule has 2 aromatic rings. The van der Waals surface area contributed by atoms with Crippen LogP contribution >= 0.6 is 0 Å². The Balaban J connectivity index is 1.79. The van der Waals surface area contributed by atoms with Crippen LogP contribution in [0, 0.1) is 5.92 Å². The number of carbonyl (C=O) groups is 2. The first-order valence-corrected chi connectivity index (χ1v) is 11.2. The summed E-state index contributed by atoms with van der Waals surface area (Å²) in [6.45, 7) is 7.39. The number of hydrogen-bond acceptors (Lipinski definition) is 6. The summed E-state index contributed by atoms with van der Waals surface area (Å²) in [6.07, 6.45) is -1.03. The Labute approximate surface area is 195 Å². The van der Waals surface area contributed by atoms with E-state index >= 15 is 0 Å². The molecule has 33 heavy (non-hydrogen) atoms. The van der Waals surface area contributed by atoms with Gasteiger partial charge >= 0.3 is 12.1 Å². The molecular formula is C26H33NO6. The van der Waals surface area contributed by atoms with Crippen LogP contribution in [0.15, 0.2) is 60.7 Å². The van der Waals surface area contributed by atoms with E-state index in [-0.39, 0.29) is 12.5 Å². The Kier molecular flexibility index (Phi) is 8.33. The van der Waals surface area contributed by atoms with Gasteiger partial charge in [-0.25, -0.2) is 9.59 Å². The van der Waals surface area contributed by atoms with Crippen LogP contribution in [0.5, 0.6) is 5.75 Å². The quantitative estimate of drug-likeness (QED) is 0.682. The molecule has 7 heteroatoms. The Morgan fingerprint density at radius 2 is 1.67 bits per heavy atom. The minimum absolute atomic E-state index is 0.0197. The average molecular weight is 456 g/mol. The van der Waals surface area contributed by atoms with Crippen molar-refractivity contribution in [3.8, 4) is 5.75 Å². The molecule has 0 radical (unpaired) electrons. The lowest BCUT2D eigenvalue weighted by Crippen LogP contribution is -2.48. The highest BCUT2D eigenvalue weighted by molar-refractivity contribution is 5.81. The van der Waals surface area contributed by atoms with Crippen LogP contribution in [0.1, 0.15) is 33.3 Å². The molecule has 178 valence electrons. The van der Waals surface area contributed by atoms with Crippen molar-refractivity contribution in [2.24, 2.45) is 5.92 Å². The lowest BCUT2D eigenvalue weighted by Gasteiger charge is -2.31. The largest absolute Gasteiger partial charge is 0.486 e. The second-order valence-corrected chi connectivity index (χ2v) is 9.22. The third kappa shape index (κ3) is 7.79. The van der Waals surface area contributed by atoms with Gasteiger partial charge in [0.1, 0.15) is 23.6 Å². The number of esters is 1. The van der Waals surface area contributed by atoms with E-state index in [2.05, 4.69) is 17.4 Å². The van der Waals surface area contributed by atoms with Gasteiger partial charge in [0.15, 0.2) is 6.04 Å². The number of para-hydroxylation sites is 1. The molecule has 4 atom stereocenters. The molecule has 1 N–H and O–H groups in total. The first-order valence-electron chi connectivity index (χ1n) is 11.2. The van der Waals surface area contributed by atoms with Crippen molar-refractivity contribution in [2.45, 2.75) is 58.0 Å². The van der Waals surface area contributed by atoms with Crippen LogP contribution in [0.3, 0.4) is 0 Å². The van der Waals surface area contributed by atoms with Crippen molar-refractivity contribution in [2.75, 3.05) is 13.2 Å². The minimum atomic E-state index is -0.977. The molecule has 7 nitrogen and oxygen atoms in total. The van der Waals surface area contributed by atoms with Gasteiger partial charge in [-0.2, -0.15) is 0 Å². The topological polar surface area (TPSA) is 83.1 Å². The zero-order chi connectivity index (χ0) is 23.8. The summed E-state index contributed by atoms with van der Waals surface area (Å²) in [7, 11) is 0. The van der Waals surface area contributed by atoms with Crippen molar-refractivity contribution in [3.63, 3.8) is 0 Å². The molecule has 1 aliphatic heterocycles. The standard InChI is InChI=1S/C26H33NO6/c1-18-23(32-21-13-9-6-10-14-21)20(15-19-11-7-5-8-12-19)16-30-17-22(24(28)31-18)27-25(29)33-26(2,3)4/h5-14,18,20,22-23H,15-17H2,1-4H3,(H,27,29)/t18-,20-,22-,23-/m0/s1. The Bertz CT molecular complexity index is 896. The molecule has 0 spiro atoms. The maximum Gasteiger partial charge on any atom is 0.408 e. The van der Waals surface area contributed by atoms with Gasteiger partial charge in [-0.05, 0) is 51.8 Å². The second-order valence-electron chi connectivity index (χ2n) is 9.22. The third-order valence-electron chi connectivity index (χ3n) is 5.18. The molecule has 3 rings (SSSR count). The van der Waals surface area contributed by atoms with E-state index in [4.69, 9.17) is 18.9 Å². The van der Waals surface area contributed by atoms with Gasteiger partial charge in [-0.3, -0.25) is 0 Å². The van der Waals surface area contributed by atoms with E-state index in [1.165, 1.54) is 0 Å². The van der Waals surface area contributed by atoms with Gasteiger partial charge in [-0.1, -0.05) is 48.5 Å². The molecule has 0 saturated carbocycles. The molecular weight excluding hydrogens is 422 g/mol. The molecule has 0 aromatic heterocycles. The van der Waals surface area contributed by atoms with Crippen LogP contribution in [0.2, 0.25) is 0 Å². The lowest BCUT2D eigenvalue weighted by atomic mass is 9.91. The zero-order valence-corrected chi connectivity index (χ0v) is 19.7. The van der Waals surface area contributed by atoms with E-state index in [1.54, 1.807) is 27.7 Å². The van der Waals surface area contributed by atoms with E-state index in [0.29, 0.717) is 18.8 Å². The van der Waals surface area contributed by atoms with Crippen LogP contribution in [-0.4, -0.2) is 49.1 Å². The van der Waals surface area contributed by atoms with E-state index in [9.17, 15) is 9.59 Å². The van der Waals surface area contributed by atoms with Gasteiger partial charge in [0.25, 0.3) is 0 Å². The van der Waals surface area contributed by atoms with Crippen LogP contribution in [0.4, 0.5) is 4.79 Å². The van der Waals surface area contributed by atoms with Crippen molar-refractivity contribution < 1.29 is 28.5 Å². The fourth-order valence-corrected chi connectivity index (χ4v) is 3.71. The first kappa shape index (κ1) is 24.6. The SMILES string of the molecule is C[C@@H]1OC(=O)[C@@H](NC(=O)OC(C)(C)C)COC[C@H](Cc2ccccc2)[C@H]1Oc1ccccc1. The molecule has 0 unspecified atom stereocenters. The number of nitrogens with one attached hydrogen (secondary N) is 1. The molecule has 0 bridgehead atoms. The highest BCUT2D eigenvalue weighted by Gasteiger charge is 2.36. The van der Waals surface area contributed by atoms with Gasteiger partial charge in [0.2, 0.25) is 0 Å². The zero-order valence-electron chi connectivity index (χ0n) is 19.7. The Hall–Kier alpha value is -3.06. The van der Waals surface area contributed by atoms with Crippen molar-refractivity contribution >= 4 is 12.1 Å². The van der Waals surface area contributed by atoms with E-state index in [0.717, 1.165) is 5.56 Å². The Morgan fingerprint density at radius 3 is 2.30 bits per heavy atom. The van der Waals surface area contributed by atoms with Crippen LogP contribution in [-0.2, 0) is 25.4 Å². The smallest absolute Gasteiger partial charge is 0.408 e. The highest BCUT2D eigenvalue weighted by atomic mass is 16.6. The molecule has 1 saturated heterocycles. The molecule has 0 aliphatic carbocycles. The third-order valence-corrected chi connectivity index (χ3v) is 5.18. The number of rotatable bonds is 5. The average Bonchev–Trinajstić information content (AvgIpc) is 2.80. The minimum Gasteiger partial charge on any atom is -0.486 e. The molecule has 2 aromatic carbocycles. The maximum atomic E-state index is 12.9. The predicted octanol–water partition coefficient (Wildman–Crippen LogP) is 4.15. The summed E-state index contributed by atoms with van der Waals surface area (Å²) in [6, 6.07) is 18.5. The fourth-order valence-electron chi connectivity index (χ4n) is 3.71. The Morgan fingerprint density at radius 1 is 1.03 bits per heavy atom. The number of alkyl carbamates (subject to hydrolysis) is 1. The molecule has 1 amide bonds. The van der Waals surface area contributed by atoms with Crippen molar-refractivity contribution in [1.82, 2.24) is 5.32 Å². The summed E-state index contributed by atoms with van der Waals surface area (Å²) in [4.78, 5) is 25.1. The summed E-state index contributed by atoms with van der Waals surface area (Å²) < 4.78 is 23.3. The van der Waals surface area contributed by atoms with Gasteiger partial charge in [0, 0.05) is 5.92 Å². The molecule has 1 aliphatic rings. The number of benzene rings is 2. The summed E-state index contributed by atoms with van der Waals surface area (Å²) in [5.74, 6) is 0.0113. The van der Waals surface area contributed by atoms with Gasteiger partial charge in [0.05, 0.1) is 13.2 Å². The monoisotopic (exact) mass is 455 g/mol. The number of amides is 1. The number of hydrogen-bond donors (Lipinski definition) is 1. The lowest BCUT2D eigenvalue weighted by molar-refractivity contribution is -0.156. The van der Waals surface area contributed by atoms with Gasteiger partial charge < -0.3 is 24.3 Å². The summed E-state index contributed by atoms with van der Waals surface area (Å²) in [5, 5.41) is 2.57. The van der Waals surface area contributed by atoms with Gasteiger partial charge in [-0.15, -0.1) is 0 Å². The highest BCUT2D eigenvalue weighted by Crippen LogP contribution is 2.25. The normalized spacial score (nSPS) is 23.9. The summed E-state index contributed by atoms with van der Waals surface area (Å²) >= 11 is 0. The van der Waals surface area contributed by atoms with Crippen molar-refractivity contribution in [3.05, 3.63) is 66.2 Å². The van der Waals surface area contributed by atoms with Crippen molar-refractivity contribution in [1.29, 1.82) is 0 Å². The van der Waals surface area contributed by atoms with Crippen LogP contribution in [0.25, 0.3) is 0 Å². The molecule has 1 fully saturated rings. The maximum absolute atomic E-state index is 12.9. The predicted molar refractivity (Wildman–Crippen MR) is 124 cm³/mol. The number of carbonyl (C=O) groups excluding carboxylic acids is 2. The van der Waals surface area contributed by atoms with Crippen LogP contribution < -0.4 is 10.1 Å². The second kappa shape index (κ2) is 11.2. The fraction of sp³-hybridized carbons (Fsp3) is 0.462. The number of cyclic esters (lactones) is 1. The molecule has 1 heterocycles. The van der Waals surface area contributed by atoms with E-state index < -0.39 is 35.9 Å². The number of ether oxygens (including phenoxy) is 4.